The summed E-state index contributed by atoms with van der Waals surface area (Å²) in [6.45, 7) is 7.88. The Morgan fingerprint density at radius 3 is 1.46 bits per heavy atom. The van der Waals surface area contributed by atoms with Gasteiger partial charge in [-0.1, -0.05) is 26.0 Å². The van der Waals surface area contributed by atoms with Gasteiger partial charge in [0, 0.05) is 47.5 Å². The van der Waals surface area contributed by atoms with Crippen LogP contribution in [0.2, 0.25) is 0 Å². The Labute approximate surface area is 204 Å². The van der Waals surface area contributed by atoms with Crippen molar-refractivity contribution in [3.63, 3.8) is 0 Å². The number of fused-ring (bicyclic) bond motifs is 1. The first-order chi connectivity index (χ1) is 16.7. The quantitative estimate of drug-likeness (QED) is 0.275. The number of carboxylic acids is 2. The maximum absolute atomic E-state index is 11.7. The number of allylic oxidation sites excluding steroid dienone is 2. The molecule has 5 N–H and O–H groups in total. The fourth-order valence-electron chi connectivity index (χ4n) is 6.50. The first-order valence-electron chi connectivity index (χ1n) is 12.5. The molecule has 0 spiro atoms. The van der Waals surface area contributed by atoms with Gasteiger partial charge in [0.2, 0.25) is 0 Å². The summed E-state index contributed by atoms with van der Waals surface area (Å²) in [5.41, 5.74) is 11.2. The number of nitrogens with one attached hydrogen (secondary N) is 3. The second kappa shape index (κ2) is 8.63. The van der Waals surface area contributed by atoms with E-state index in [9.17, 15) is 19.8 Å². The lowest BCUT2D eigenvalue weighted by atomic mass is 9.71. The topological polar surface area (TPSA) is 122 Å². The Balaban J connectivity index is 1.60. The SMILES string of the molecule is CCc1c(Cc2[nH]c(Cc3[nH]c(C(=O)O)c(C)c3CC)c3c2[C@@H]2C=C[C@H]3CC2)[nH]c(C(=O)O)c1C. The van der Waals surface area contributed by atoms with Crippen LogP contribution in [0.15, 0.2) is 12.2 Å². The van der Waals surface area contributed by atoms with Gasteiger partial charge in [-0.05, 0) is 72.9 Å². The number of aromatic carboxylic acids is 2. The van der Waals surface area contributed by atoms with E-state index in [1.165, 1.54) is 11.1 Å². The van der Waals surface area contributed by atoms with Crippen molar-refractivity contribution in [3.05, 3.63) is 79.7 Å². The molecule has 0 unspecified atom stereocenters. The molecule has 3 heterocycles. The van der Waals surface area contributed by atoms with E-state index in [1.54, 1.807) is 0 Å². The highest BCUT2D eigenvalue weighted by atomic mass is 16.4. The molecule has 0 aromatic carbocycles. The first-order valence-corrected chi connectivity index (χ1v) is 12.5. The highest BCUT2D eigenvalue weighted by Gasteiger charge is 2.35. The van der Waals surface area contributed by atoms with Crippen LogP contribution >= 0.6 is 0 Å². The molecule has 0 amide bonds. The monoisotopic (exact) mass is 475 g/mol. The van der Waals surface area contributed by atoms with Crippen LogP contribution < -0.4 is 0 Å². The molecule has 7 nitrogen and oxygen atoms in total. The van der Waals surface area contributed by atoms with E-state index in [2.05, 4.69) is 41.0 Å². The molecule has 0 radical (unpaired) electrons. The summed E-state index contributed by atoms with van der Waals surface area (Å²) < 4.78 is 0. The highest BCUT2D eigenvalue weighted by molar-refractivity contribution is 5.88. The summed E-state index contributed by atoms with van der Waals surface area (Å²) in [6.07, 6.45) is 9.67. The normalized spacial score (nSPS) is 18.3. The molecule has 3 aliphatic carbocycles. The van der Waals surface area contributed by atoms with E-state index in [-0.39, 0.29) is 11.4 Å². The molecule has 0 saturated heterocycles. The van der Waals surface area contributed by atoms with Crippen LogP contribution in [0, 0.1) is 13.8 Å². The van der Waals surface area contributed by atoms with Crippen LogP contribution in [-0.2, 0) is 25.7 Å². The lowest BCUT2D eigenvalue weighted by molar-refractivity contribution is 0.0679. The minimum atomic E-state index is -0.928. The molecule has 3 aromatic rings. The van der Waals surface area contributed by atoms with Gasteiger partial charge in [0.1, 0.15) is 11.4 Å². The third-order valence-electron chi connectivity index (χ3n) is 8.13. The second-order valence-electron chi connectivity index (χ2n) is 9.92. The average Bonchev–Trinajstić information content (AvgIpc) is 3.47. The summed E-state index contributed by atoms with van der Waals surface area (Å²) in [7, 11) is 0. The van der Waals surface area contributed by atoms with Crippen molar-refractivity contribution in [1.29, 1.82) is 0 Å². The van der Waals surface area contributed by atoms with E-state index in [1.807, 2.05) is 13.8 Å². The summed E-state index contributed by atoms with van der Waals surface area (Å²) in [5.74, 6) is -1.13. The van der Waals surface area contributed by atoms with Crippen LogP contribution in [0.3, 0.4) is 0 Å². The van der Waals surface area contributed by atoms with Crippen LogP contribution in [0.1, 0.15) is 116 Å². The molecule has 7 heteroatoms. The fraction of sp³-hybridized carbons (Fsp3) is 0.429. The molecular formula is C28H33N3O4. The Hall–Kier alpha value is -3.48. The van der Waals surface area contributed by atoms with Gasteiger partial charge in [0.25, 0.3) is 0 Å². The number of aromatic amines is 3. The Morgan fingerprint density at radius 1 is 0.743 bits per heavy atom. The highest BCUT2D eigenvalue weighted by Crippen LogP contribution is 2.49. The molecule has 0 saturated carbocycles. The maximum Gasteiger partial charge on any atom is 0.352 e. The number of carbonyl (C=O) groups is 2. The summed E-state index contributed by atoms with van der Waals surface area (Å²) in [5, 5.41) is 19.3. The molecule has 184 valence electrons. The maximum atomic E-state index is 11.7. The smallest absolute Gasteiger partial charge is 0.352 e. The number of carboxylic acid groups (broad SMARTS) is 2. The number of hydrogen-bond acceptors (Lipinski definition) is 2. The van der Waals surface area contributed by atoms with Crippen LogP contribution in [-0.4, -0.2) is 37.1 Å². The predicted octanol–water partition coefficient (Wildman–Crippen LogP) is 5.52. The Morgan fingerprint density at radius 2 is 1.14 bits per heavy atom. The standard InChI is InChI=1S/C28H33N3O4/c1-5-17-13(3)25(27(32)33)30-19(17)11-21-23-15-7-9-16(10-8-15)24(23)22(29-21)12-20-18(6-2)14(4)26(31-20)28(34)35/h7,9,15-16,29-31H,5-6,8,10-12H2,1-4H3,(H,32,33)(H,34,35)/t15-,16+. The zero-order valence-electron chi connectivity index (χ0n) is 20.8. The van der Waals surface area contributed by atoms with Gasteiger partial charge in [-0.15, -0.1) is 0 Å². The van der Waals surface area contributed by atoms with Crippen molar-refractivity contribution in [3.8, 4) is 0 Å². The van der Waals surface area contributed by atoms with Crippen molar-refractivity contribution in [2.75, 3.05) is 0 Å². The van der Waals surface area contributed by atoms with E-state index >= 15 is 0 Å². The van der Waals surface area contributed by atoms with Gasteiger partial charge < -0.3 is 25.2 Å². The Kier molecular flexibility index (Phi) is 5.74. The van der Waals surface area contributed by atoms with Crippen LogP contribution in [0.4, 0.5) is 0 Å². The van der Waals surface area contributed by atoms with Crippen molar-refractivity contribution >= 4 is 11.9 Å². The molecule has 0 aliphatic heterocycles. The number of H-pyrrole nitrogens is 3. The van der Waals surface area contributed by atoms with Crippen molar-refractivity contribution < 1.29 is 19.8 Å². The lowest BCUT2D eigenvalue weighted by Gasteiger charge is -2.32. The molecule has 6 rings (SSSR count). The zero-order chi connectivity index (χ0) is 25.0. The van der Waals surface area contributed by atoms with Gasteiger partial charge >= 0.3 is 11.9 Å². The molecule has 35 heavy (non-hydrogen) atoms. The van der Waals surface area contributed by atoms with Crippen molar-refractivity contribution in [1.82, 2.24) is 15.0 Å². The van der Waals surface area contributed by atoms with E-state index < -0.39 is 11.9 Å². The molecular weight excluding hydrogens is 442 g/mol. The number of aromatic nitrogens is 3. The summed E-state index contributed by atoms with van der Waals surface area (Å²) >= 11 is 0. The molecule has 3 aliphatic rings. The minimum absolute atomic E-state index is 0.273. The number of hydrogen-bond donors (Lipinski definition) is 5. The average molecular weight is 476 g/mol. The largest absolute Gasteiger partial charge is 0.477 e. The van der Waals surface area contributed by atoms with Gasteiger partial charge in [-0.2, -0.15) is 0 Å². The van der Waals surface area contributed by atoms with E-state index in [4.69, 9.17) is 0 Å². The third-order valence-corrected chi connectivity index (χ3v) is 8.13. The van der Waals surface area contributed by atoms with E-state index in [0.29, 0.717) is 24.7 Å². The first kappa shape index (κ1) is 23.3. The second-order valence-corrected chi connectivity index (χ2v) is 9.92. The summed E-state index contributed by atoms with van der Waals surface area (Å²) in [6, 6.07) is 0. The Bertz CT molecular complexity index is 1270. The van der Waals surface area contributed by atoms with Crippen LogP contribution in [0.5, 0.6) is 0 Å². The van der Waals surface area contributed by atoms with Gasteiger partial charge in [-0.25, -0.2) is 9.59 Å². The molecule has 3 aromatic heterocycles. The minimum Gasteiger partial charge on any atom is -0.477 e. The molecule has 2 bridgehead atoms. The molecule has 2 atom stereocenters. The number of rotatable bonds is 8. The summed E-state index contributed by atoms with van der Waals surface area (Å²) in [4.78, 5) is 33.6. The van der Waals surface area contributed by atoms with Gasteiger partial charge in [0.15, 0.2) is 0 Å². The lowest BCUT2D eigenvalue weighted by Crippen LogP contribution is -2.18. The van der Waals surface area contributed by atoms with Crippen molar-refractivity contribution in [2.45, 2.75) is 78.1 Å². The zero-order valence-corrected chi connectivity index (χ0v) is 20.8. The van der Waals surface area contributed by atoms with E-state index in [0.717, 1.165) is 70.7 Å². The predicted molar refractivity (Wildman–Crippen MR) is 134 cm³/mol. The van der Waals surface area contributed by atoms with Crippen molar-refractivity contribution in [2.24, 2.45) is 0 Å². The van der Waals surface area contributed by atoms with Gasteiger partial charge in [-0.3, -0.25) is 0 Å². The van der Waals surface area contributed by atoms with Gasteiger partial charge in [0.05, 0.1) is 0 Å². The molecule has 0 fully saturated rings. The third kappa shape index (κ3) is 3.65. The van der Waals surface area contributed by atoms with Crippen LogP contribution in [0.25, 0.3) is 0 Å². The fourth-order valence-corrected chi connectivity index (χ4v) is 6.50.